The van der Waals surface area contributed by atoms with Crippen LogP contribution in [0.3, 0.4) is 0 Å². The maximum absolute atomic E-state index is 13.6. The molecule has 7 nitrogen and oxygen atoms in total. The second kappa shape index (κ2) is 11.5. The molecule has 3 unspecified atom stereocenters. The van der Waals surface area contributed by atoms with Crippen LogP contribution >= 0.6 is 11.8 Å². The Bertz CT molecular complexity index is 1120. The SMILES string of the molecule is C=C[C@]1(C)C[C@@H](OC(=O)CSC2CC3(CCN(C(=O)C4CCCN4)CC3)C2)[C@]2(C)C(C)CC[C@]3(CCC(=O)C32)[C@@H](C)[C@@H]1O. The number of piperidine rings is 1. The predicted octanol–water partition coefficient (Wildman–Crippen LogP) is 5.15. The molecule has 2 N–H and O–H groups in total. The lowest BCUT2D eigenvalue weighted by Gasteiger charge is -2.61. The Balaban J connectivity index is 1.09. The number of hydrogen-bond donors (Lipinski definition) is 2. The Morgan fingerprint density at radius 2 is 1.84 bits per heavy atom. The lowest BCUT2D eigenvalue weighted by molar-refractivity contribution is -0.205. The quantitative estimate of drug-likeness (QED) is 0.316. The monoisotopic (exact) mass is 614 g/mol. The Morgan fingerprint density at radius 3 is 2.49 bits per heavy atom. The van der Waals surface area contributed by atoms with Gasteiger partial charge in [0, 0.05) is 41.5 Å². The fraction of sp³-hybridized carbons (Fsp3) is 0.857. The van der Waals surface area contributed by atoms with E-state index in [1.807, 2.05) is 13.0 Å². The number of esters is 1. The molecule has 1 spiro atoms. The van der Waals surface area contributed by atoms with E-state index >= 15 is 0 Å². The van der Waals surface area contributed by atoms with Crippen LogP contribution in [0.5, 0.6) is 0 Å². The zero-order chi connectivity index (χ0) is 30.8. The average Bonchev–Trinajstić information content (AvgIpc) is 3.64. The maximum atomic E-state index is 13.6. The number of nitrogens with zero attached hydrogens (tertiary/aromatic N) is 1. The van der Waals surface area contributed by atoms with Gasteiger partial charge in [-0.1, -0.05) is 33.8 Å². The third-order valence-corrected chi connectivity index (χ3v) is 15.0. The summed E-state index contributed by atoms with van der Waals surface area (Å²) in [5.74, 6) is 0.698. The minimum absolute atomic E-state index is 0.0145. The van der Waals surface area contributed by atoms with Gasteiger partial charge in [-0.15, -0.1) is 18.3 Å². The Hall–Kier alpha value is -1.38. The first-order valence-corrected chi connectivity index (χ1v) is 18.1. The summed E-state index contributed by atoms with van der Waals surface area (Å²) in [5.41, 5.74) is -1.01. The summed E-state index contributed by atoms with van der Waals surface area (Å²) in [6.45, 7) is 15.4. The third kappa shape index (κ3) is 5.14. The van der Waals surface area contributed by atoms with E-state index in [9.17, 15) is 19.5 Å². The van der Waals surface area contributed by atoms with Gasteiger partial charge in [0.2, 0.25) is 5.91 Å². The van der Waals surface area contributed by atoms with Crippen LogP contribution in [-0.2, 0) is 19.1 Å². The molecule has 4 aliphatic carbocycles. The summed E-state index contributed by atoms with van der Waals surface area (Å²) < 4.78 is 6.44. The van der Waals surface area contributed by atoms with Gasteiger partial charge in [0.1, 0.15) is 11.9 Å². The zero-order valence-corrected chi connectivity index (χ0v) is 27.7. The molecule has 4 saturated carbocycles. The summed E-state index contributed by atoms with van der Waals surface area (Å²) in [4.78, 5) is 42.0. The van der Waals surface area contributed by atoms with Crippen LogP contribution in [0.25, 0.3) is 0 Å². The van der Waals surface area contributed by atoms with E-state index in [2.05, 4.69) is 37.6 Å². The Morgan fingerprint density at radius 1 is 1.12 bits per heavy atom. The number of hydrogen-bond acceptors (Lipinski definition) is 7. The number of aliphatic hydroxyl groups is 1. The van der Waals surface area contributed by atoms with Gasteiger partial charge in [-0.05, 0) is 93.4 Å². The second-order valence-corrected chi connectivity index (χ2v) is 17.2. The molecule has 2 heterocycles. The van der Waals surface area contributed by atoms with Crippen molar-refractivity contribution >= 4 is 29.4 Å². The van der Waals surface area contributed by atoms with E-state index in [-0.39, 0.29) is 46.9 Å². The largest absolute Gasteiger partial charge is 0.461 e. The summed E-state index contributed by atoms with van der Waals surface area (Å²) >= 11 is 1.71. The summed E-state index contributed by atoms with van der Waals surface area (Å²) in [6.07, 6.45) is 10.9. The number of nitrogens with one attached hydrogen (secondary N) is 1. The van der Waals surface area contributed by atoms with E-state index in [4.69, 9.17) is 4.74 Å². The first-order valence-electron chi connectivity index (χ1n) is 17.1. The topological polar surface area (TPSA) is 95.9 Å². The highest BCUT2D eigenvalue weighted by molar-refractivity contribution is 8.00. The molecule has 0 radical (unpaired) electrons. The molecular formula is C35H54N2O5S. The standard InChI is InChI=1S/C35H54N2O5S/c1-6-32(4)20-27(33(5)22(2)9-11-35(23(3)30(32)40)12-10-26(38)29(33)35)42-28(39)21-43-24-18-34(19-24)13-16-37(17-14-34)31(41)25-8-7-15-36-25/h6,22-25,27,29-30,36,40H,1,7-21H2,2-5H3/t22?,23-,25?,27+,29?,30-,32+,33-,35-/m0/s1. The van der Waals surface area contributed by atoms with Crippen molar-refractivity contribution in [1.29, 1.82) is 0 Å². The van der Waals surface area contributed by atoms with Crippen LogP contribution in [0, 0.1) is 39.4 Å². The first kappa shape index (κ1) is 31.6. The van der Waals surface area contributed by atoms with Crippen molar-refractivity contribution in [3.8, 4) is 0 Å². The van der Waals surface area contributed by atoms with Gasteiger partial charge in [-0.2, -0.15) is 0 Å². The molecule has 9 atom stereocenters. The van der Waals surface area contributed by atoms with Crippen molar-refractivity contribution in [2.75, 3.05) is 25.4 Å². The number of aliphatic hydroxyl groups excluding tert-OH is 1. The number of carbonyl (C=O) groups is 3. The van der Waals surface area contributed by atoms with Gasteiger partial charge < -0.3 is 20.1 Å². The molecule has 0 aromatic carbocycles. The van der Waals surface area contributed by atoms with Crippen LogP contribution in [0.15, 0.2) is 12.7 Å². The number of rotatable bonds is 6. The van der Waals surface area contributed by atoms with Crippen molar-refractivity contribution in [2.45, 2.75) is 122 Å². The average molecular weight is 615 g/mol. The molecule has 6 aliphatic rings. The molecule has 240 valence electrons. The second-order valence-electron chi connectivity index (χ2n) is 15.9. The normalized spacial score (nSPS) is 44.3. The van der Waals surface area contributed by atoms with E-state index in [0.29, 0.717) is 29.3 Å². The molecule has 6 fully saturated rings. The maximum Gasteiger partial charge on any atom is 0.316 e. The van der Waals surface area contributed by atoms with Crippen molar-refractivity contribution in [2.24, 2.45) is 39.4 Å². The molecule has 2 aliphatic heterocycles. The highest BCUT2D eigenvalue weighted by Crippen LogP contribution is 2.68. The van der Waals surface area contributed by atoms with E-state index in [1.165, 1.54) is 0 Å². The molecular weight excluding hydrogens is 560 g/mol. The molecule has 0 aromatic rings. The number of Topliss-reactive ketones (excluding diaryl/α,β-unsaturated/α-hetero) is 1. The summed E-state index contributed by atoms with van der Waals surface area (Å²) in [5, 5.41) is 15.5. The van der Waals surface area contributed by atoms with Gasteiger partial charge in [0.05, 0.1) is 17.9 Å². The number of ether oxygens (including phenoxy) is 1. The minimum atomic E-state index is -0.644. The smallest absolute Gasteiger partial charge is 0.316 e. The van der Waals surface area contributed by atoms with Crippen LogP contribution in [-0.4, -0.2) is 76.6 Å². The number of likely N-dealkylation sites (tertiary alicyclic amines) is 1. The molecule has 1 amide bonds. The number of thioether (sulfide) groups is 1. The van der Waals surface area contributed by atoms with Crippen LogP contribution in [0.1, 0.15) is 98.3 Å². The van der Waals surface area contributed by atoms with Crippen LogP contribution in [0.4, 0.5) is 0 Å². The molecule has 2 saturated heterocycles. The predicted molar refractivity (Wildman–Crippen MR) is 169 cm³/mol. The summed E-state index contributed by atoms with van der Waals surface area (Å²) in [6, 6.07) is 0.0145. The Labute approximate surface area is 262 Å². The van der Waals surface area contributed by atoms with E-state index < -0.39 is 23.0 Å². The number of carbonyl (C=O) groups excluding carboxylic acids is 3. The van der Waals surface area contributed by atoms with Crippen LogP contribution < -0.4 is 5.32 Å². The third-order valence-electron chi connectivity index (χ3n) is 13.8. The minimum Gasteiger partial charge on any atom is -0.461 e. The van der Waals surface area contributed by atoms with Gasteiger partial charge in [-0.3, -0.25) is 14.4 Å². The van der Waals surface area contributed by atoms with Crippen molar-refractivity contribution < 1.29 is 24.2 Å². The molecule has 8 heteroatoms. The molecule has 6 rings (SSSR count). The number of amides is 1. The molecule has 43 heavy (non-hydrogen) atoms. The first-order chi connectivity index (χ1) is 20.4. The van der Waals surface area contributed by atoms with Crippen molar-refractivity contribution in [3.05, 3.63) is 12.7 Å². The van der Waals surface area contributed by atoms with E-state index in [1.54, 1.807) is 11.8 Å². The molecule has 2 bridgehead atoms. The van der Waals surface area contributed by atoms with E-state index in [0.717, 1.165) is 77.4 Å². The lowest BCUT2D eigenvalue weighted by atomic mass is 9.44. The van der Waals surface area contributed by atoms with Crippen molar-refractivity contribution in [3.63, 3.8) is 0 Å². The number of ketones is 1. The van der Waals surface area contributed by atoms with Crippen LogP contribution in [0.2, 0.25) is 0 Å². The summed E-state index contributed by atoms with van der Waals surface area (Å²) in [7, 11) is 0. The highest BCUT2D eigenvalue weighted by Gasteiger charge is 2.68. The van der Waals surface area contributed by atoms with Gasteiger partial charge in [0.25, 0.3) is 0 Å². The fourth-order valence-electron chi connectivity index (χ4n) is 10.6. The van der Waals surface area contributed by atoms with Gasteiger partial charge in [0.15, 0.2) is 0 Å². The van der Waals surface area contributed by atoms with Crippen molar-refractivity contribution in [1.82, 2.24) is 10.2 Å². The highest BCUT2D eigenvalue weighted by atomic mass is 32.2. The van der Waals surface area contributed by atoms with Gasteiger partial charge in [-0.25, -0.2) is 0 Å². The van der Waals surface area contributed by atoms with Gasteiger partial charge >= 0.3 is 5.97 Å². The Kier molecular flexibility index (Phi) is 8.41. The lowest BCUT2D eigenvalue weighted by Crippen LogP contribution is -2.63. The molecule has 0 aromatic heterocycles. The fourth-order valence-corrected chi connectivity index (χ4v) is 12.0. The zero-order valence-electron chi connectivity index (χ0n) is 26.9.